The molecule has 3 heteroatoms. The van der Waals surface area contributed by atoms with Gasteiger partial charge in [-0.1, -0.05) is 19.1 Å². The number of rotatable bonds is 4. The van der Waals surface area contributed by atoms with Gasteiger partial charge in [-0.05, 0) is 43.2 Å². The fourth-order valence-electron chi connectivity index (χ4n) is 1.65. The molecule has 94 valence electrons. The van der Waals surface area contributed by atoms with E-state index in [1.165, 1.54) is 5.56 Å². The number of aryl methyl sites for hydroxylation is 1. The summed E-state index contributed by atoms with van der Waals surface area (Å²) in [5.74, 6) is 1.55. The summed E-state index contributed by atoms with van der Waals surface area (Å²) in [5.41, 5.74) is 7.91. The summed E-state index contributed by atoms with van der Waals surface area (Å²) in [5, 5.41) is 0. The van der Waals surface area contributed by atoms with Gasteiger partial charge in [0.15, 0.2) is 0 Å². The van der Waals surface area contributed by atoms with E-state index in [-0.39, 0.29) is 6.04 Å². The van der Waals surface area contributed by atoms with Crippen molar-refractivity contribution >= 4 is 0 Å². The zero-order chi connectivity index (χ0) is 13.0. The summed E-state index contributed by atoms with van der Waals surface area (Å²) in [7, 11) is 0. The number of ether oxygens (including phenoxy) is 1. The third kappa shape index (κ3) is 3.08. The average molecular weight is 242 g/mol. The maximum absolute atomic E-state index is 5.74. The molecule has 0 bridgehead atoms. The molecule has 0 saturated heterocycles. The van der Waals surface area contributed by atoms with E-state index in [9.17, 15) is 0 Å². The smallest absolute Gasteiger partial charge is 0.145 e. The lowest BCUT2D eigenvalue weighted by atomic mass is 10.2. The molecule has 0 fully saturated rings. The molecule has 0 amide bonds. The number of nitrogens with two attached hydrogens (primary N) is 1. The summed E-state index contributed by atoms with van der Waals surface area (Å²) in [6.07, 6.45) is 2.73. The predicted octanol–water partition coefficient (Wildman–Crippen LogP) is 3.46. The van der Waals surface area contributed by atoms with Crippen molar-refractivity contribution in [3.63, 3.8) is 0 Å². The van der Waals surface area contributed by atoms with Crippen LogP contribution >= 0.6 is 0 Å². The molecular formula is C15H18N2O. The molecule has 0 aliphatic carbocycles. The molecule has 0 radical (unpaired) electrons. The molecule has 0 aliphatic heterocycles. The van der Waals surface area contributed by atoms with Crippen molar-refractivity contribution in [2.75, 3.05) is 0 Å². The van der Waals surface area contributed by atoms with Crippen molar-refractivity contribution in [3.8, 4) is 11.5 Å². The number of hydrogen-bond acceptors (Lipinski definition) is 3. The Morgan fingerprint density at radius 3 is 2.28 bits per heavy atom. The normalized spacial score (nSPS) is 12.2. The first-order chi connectivity index (χ1) is 8.69. The third-order valence-corrected chi connectivity index (χ3v) is 2.79. The van der Waals surface area contributed by atoms with Crippen LogP contribution in [0, 0.1) is 0 Å². The van der Waals surface area contributed by atoms with E-state index in [0.717, 1.165) is 23.6 Å². The molecule has 0 saturated carbocycles. The van der Waals surface area contributed by atoms with E-state index < -0.39 is 0 Å². The lowest BCUT2D eigenvalue weighted by molar-refractivity contribution is 0.479. The van der Waals surface area contributed by atoms with E-state index in [2.05, 4.69) is 24.0 Å². The van der Waals surface area contributed by atoms with Crippen LogP contribution in [0.2, 0.25) is 0 Å². The van der Waals surface area contributed by atoms with Crippen LogP contribution in [0.25, 0.3) is 0 Å². The van der Waals surface area contributed by atoms with Crippen LogP contribution in [0.1, 0.15) is 31.1 Å². The number of benzene rings is 1. The van der Waals surface area contributed by atoms with Gasteiger partial charge in [0.2, 0.25) is 0 Å². The fraction of sp³-hybridized carbons (Fsp3) is 0.267. The highest BCUT2D eigenvalue weighted by Crippen LogP contribution is 2.21. The van der Waals surface area contributed by atoms with Crippen molar-refractivity contribution in [1.29, 1.82) is 0 Å². The molecule has 1 aromatic carbocycles. The SMILES string of the molecule is CCc1ccc(Oc2ccc([C@@H](C)N)nc2)cc1. The number of pyridine rings is 1. The Kier molecular flexibility index (Phi) is 3.95. The van der Waals surface area contributed by atoms with Crippen molar-refractivity contribution in [1.82, 2.24) is 4.98 Å². The Labute approximate surface area is 108 Å². The van der Waals surface area contributed by atoms with Crippen molar-refractivity contribution in [2.45, 2.75) is 26.3 Å². The Bertz CT molecular complexity index is 489. The largest absolute Gasteiger partial charge is 0.456 e. The second-order valence-corrected chi connectivity index (χ2v) is 4.31. The third-order valence-electron chi connectivity index (χ3n) is 2.79. The minimum atomic E-state index is -0.0529. The van der Waals surface area contributed by atoms with Crippen molar-refractivity contribution in [2.24, 2.45) is 5.73 Å². The number of hydrogen-bond donors (Lipinski definition) is 1. The second kappa shape index (κ2) is 5.65. The standard InChI is InChI=1S/C15H18N2O/c1-3-12-4-6-13(7-5-12)18-14-8-9-15(11(2)16)17-10-14/h4-11H,3,16H2,1-2H3/t11-/m1/s1. The zero-order valence-corrected chi connectivity index (χ0v) is 10.8. The van der Waals surface area contributed by atoms with Gasteiger partial charge in [0, 0.05) is 6.04 Å². The topological polar surface area (TPSA) is 48.1 Å². The van der Waals surface area contributed by atoms with Crippen LogP contribution in [0.3, 0.4) is 0 Å². The summed E-state index contributed by atoms with van der Waals surface area (Å²) < 4.78 is 5.71. The van der Waals surface area contributed by atoms with Crippen LogP contribution in [-0.4, -0.2) is 4.98 Å². The highest BCUT2D eigenvalue weighted by molar-refractivity contribution is 5.32. The van der Waals surface area contributed by atoms with Crippen LogP contribution in [0.4, 0.5) is 0 Å². The van der Waals surface area contributed by atoms with Crippen LogP contribution in [0.15, 0.2) is 42.6 Å². The summed E-state index contributed by atoms with van der Waals surface area (Å²) in [6, 6.07) is 11.8. The Morgan fingerprint density at radius 1 is 1.11 bits per heavy atom. The molecule has 0 unspecified atom stereocenters. The van der Waals surface area contributed by atoms with Gasteiger partial charge in [-0.2, -0.15) is 0 Å². The molecular weight excluding hydrogens is 224 g/mol. The zero-order valence-electron chi connectivity index (χ0n) is 10.8. The predicted molar refractivity (Wildman–Crippen MR) is 72.7 cm³/mol. The number of nitrogens with zero attached hydrogens (tertiary/aromatic N) is 1. The van der Waals surface area contributed by atoms with E-state index in [0.29, 0.717) is 0 Å². The Morgan fingerprint density at radius 2 is 1.78 bits per heavy atom. The van der Waals surface area contributed by atoms with E-state index in [1.54, 1.807) is 6.20 Å². The van der Waals surface area contributed by atoms with Gasteiger partial charge in [-0.15, -0.1) is 0 Å². The Hall–Kier alpha value is -1.87. The van der Waals surface area contributed by atoms with Crippen LogP contribution < -0.4 is 10.5 Å². The van der Waals surface area contributed by atoms with Crippen molar-refractivity contribution in [3.05, 3.63) is 53.9 Å². The van der Waals surface area contributed by atoms with Crippen LogP contribution in [0.5, 0.6) is 11.5 Å². The van der Waals surface area contributed by atoms with Gasteiger partial charge in [0.1, 0.15) is 11.5 Å². The fourth-order valence-corrected chi connectivity index (χ4v) is 1.65. The summed E-state index contributed by atoms with van der Waals surface area (Å²) >= 11 is 0. The minimum Gasteiger partial charge on any atom is -0.456 e. The molecule has 0 spiro atoms. The minimum absolute atomic E-state index is 0.0529. The maximum atomic E-state index is 5.74. The van der Waals surface area contributed by atoms with Gasteiger partial charge >= 0.3 is 0 Å². The Balaban J connectivity index is 2.08. The molecule has 2 rings (SSSR count). The second-order valence-electron chi connectivity index (χ2n) is 4.31. The molecule has 1 heterocycles. The summed E-state index contributed by atoms with van der Waals surface area (Å²) in [4.78, 5) is 4.26. The molecule has 2 N–H and O–H groups in total. The van der Waals surface area contributed by atoms with Gasteiger partial charge in [0.25, 0.3) is 0 Å². The lowest BCUT2D eigenvalue weighted by Gasteiger charge is -2.08. The molecule has 3 nitrogen and oxygen atoms in total. The summed E-state index contributed by atoms with van der Waals surface area (Å²) in [6.45, 7) is 4.04. The molecule has 1 aromatic heterocycles. The first-order valence-corrected chi connectivity index (χ1v) is 6.17. The lowest BCUT2D eigenvalue weighted by Crippen LogP contribution is -2.06. The van der Waals surface area contributed by atoms with Crippen LogP contribution in [-0.2, 0) is 6.42 Å². The monoisotopic (exact) mass is 242 g/mol. The highest BCUT2D eigenvalue weighted by Gasteiger charge is 2.02. The van der Waals surface area contributed by atoms with Gasteiger partial charge in [-0.25, -0.2) is 0 Å². The average Bonchev–Trinajstić information content (AvgIpc) is 2.40. The van der Waals surface area contributed by atoms with E-state index >= 15 is 0 Å². The van der Waals surface area contributed by atoms with Crippen molar-refractivity contribution < 1.29 is 4.74 Å². The molecule has 18 heavy (non-hydrogen) atoms. The highest BCUT2D eigenvalue weighted by atomic mass is 16.5. The van der Waals surface area contributed by atoms with Gasteiger partial charge < -0.3 is 10.5 Å². The molecule has 0 aliphatic rings. The first kappa shape index (κ1) is 12.6. The quantitative estimate of drug-likeness (QED) is 0.893. The number of aromatic nitrogens is 1. The van der Waals surface area contributed by atoms with Gasteiger partial charge in [-0.3, -0.25) is 4.98 Å². The maximum Gasteiger partial charge on any atom is 0.145 e. The molecule has 2 aromatic rings. The first-order valence-electron chi connectivity index (χ1n) is 6.17. The van der Waals surface area contributed by atoms with Gasteiger partial charge in [0.05, 0.1) is 11.9 Å². The van der Waals surface area contributed by atoms with E-state index in [1.807, 2.05) is 31.2 Å². The van der Waals surface area contributed by atoms with E-state index in [4.69, 9.17) is 10.5 Å². The molecule has 1 atom stereocenters.